The molecule has 1 N–H and O–H groups in total. The maximum absolute atomic E-state index is 12.2. The lowest BCUT2D eigenvalue weighted by Crippen LogP contribution is -2.45. The number of carbonyl (C=O) groups excluding carboxylic acids is 1. The molecule has 1 aliphatic rings. The Morgan fingerprint density at radius 3 is 2.69 bits per heavy atom. The molecule has 7 heteroatoms. The van der Waals surface area contributed by atoms with Crippen LogP contribution in [0.4, 0.5) is 0 Å². The van der Waals surface area contributed by atoms with Gasteiger partial charge in [0, 0.05) is 43.7 Å². The highest BCUT2D eigenvalue weighted by atomic mass is 32.1. The number of carbonyl (C=O) groups is 1. The molecule has 0 radical (unpaired) electrons. The number of amides is 1. The Kier molecular flexibility index (Phi) is 6.99. The fourth-order valence-electron chi connectivity index (χ4n) is 2.85. The van der Waals surface area contributed by atoms with Crippen molar-refractivity contribution in [3.05, 3.63) is 46.4 Å². The van der Waals surface area contributed by atoms with Crippen LogP contribution >= 0.6 is 11.3 Å². The lowest BCUT2D eigenvalue weighted by Gasteiger charge is -2.32. The van der Waals surface area contributed by atoms with Gasteiger partial charge < -0.3 is 19.9 Å². The molecule has 6 nitrogen and oxygen atoms in total. The maximum atomic E-state index is 12.2. The summed E-state index contributed by atoms with van der Waals surface area (Å²) in [6.07, 6.45) is 0.976. The first-order valence-corrected chi connectivity index (χ1v) is 9.94. The van der Waals surface area contributed by atoms with Gasteiger partial charge in [-0.05, 0) is 44.3 Å². The van der Waals surface area contributed by atoms with E-state index in [2.05, 4.69) is 27.1 Å². The number of hydrogen-bond donors (Lipinski definition) is 1. The molecule has 2 heterocycles. The van der Waals surface area contributed by atoms with Crippen molar-refractivity contribution in [3.8, 4) is 5.75 Å². The summed E-state index contributed by atoms with van der Waals surface area (Å²) >= 11 is 1.55. The first kappa shape index (κ1) is 18.8. The van der Waals surface area contributed by atoms with Crippen LogP contribution in [0, 0.1) is 0 Å². The van der Waals surface area contributed by atoms with Gasteiger partial charge in [0.2, 0.25) is 0 Å². The van der Waals surface area contributed by atoms with Crippen molar-refractivity contribution in [1.29, 1.82) is 0 Å². The van der Waals surface area contributed by atoms with Crippen molar-refractivity contribution >= 4 is 17.2 Å². The highest BCUT2D eigenvalue weighted by molar-refractivity contribution is 7.07. The highest BCUT2D eigenvalue weighted by Crippen LogP contribution is 2.14. The molecule has 1 amide bonds. The number of nitrogens with zero attached hydrogens (tertiary/aromatic N) is 3. The SMILES string of the molecule is CN1CCN(CCCNC(=O)c2ccc(OCc3cscn3)cc2)CC1. The van der Waals surface area contributed by atoms with Crippen molar-refractivity contribution in [2.75, 3.05) is 46.3 Å². The van der Waals surface area contributed by atoms with Crippen LogP contribution in [0.3, 0.4) is 0 Å². The molecule has 0 atom stereocenters. The Balaban J connectivity index is 1.35. The fraction of sp³-hybridized carbons (Fsp3) is 0.474. The molecule has 0 unspecified atom stereocenters. The van der Waals surface area contributed by atoms with E-state index in [-0.39, 0.29) is 5.91 Å². The summed E-state index contributed by atoms with van der Waals surface area (Å²) in [6, 6.07) is 7.25. The molecule has 1 saturated heterocycles. The molecule has 1 aliphatic heterocycles. The normalized spacial score (nSPS) is 15.7. The zero-order valence-corrected chi connectivity index (χ0v) is 16.0. The maximum Gasteiger partial charge on any atom is 0.251 e. The molecule has 3 rings (SSSR count). The van der Waals surface area contributed by atoms with Crippen LogP contribution in [0.2, 0.25) is 0 Å². The van der Waals surface area contributed by atoms with Gasteiger partial charge in [0.25, 0.3) is 5.91 Å². The summed E-state index contributed by atoms with van der Waals surface area (Å²) in [7, 11) is 2.16. The largest absolute Gasteiger partial charge is 0.487 e. The lowest BCUT2D eigenvalue weighted by molar-refractivity contribution is 0.0949. The quantitative estimate of drug-likeness (QED) is 0.717. The molecule has 1 aromatic heterocycles. The molecule has 2 aromatic rings. The average Bonchev–Trinajstić information content (AvgIpc) is 3.19. The van der Waals surface area contributed by atoms with Gasteiger partial charge in [-0.1, -0.05) is 0 Å². The summed E-state index contributed by atoms with van der Waals surface area (Å²) in [5.41, 5.74) is 3.36. The van der Waals surface area contributed by atoms with E-state index in [9.17, 15) is 4.79 Å². The van der Waals surface area contributed by atoms with E-state index in [1.807, 2.05) is 17.5 Å². The molecule has 0 saturated carbocycles. The third-order valence-electron chi connectivity index (χ3n) is 4.52. The number of ether oxygens (including phenoxy) is 1. The Bertz CT molecular complexity index is 667. The minimum atomic E-state index is -0.0329. The van der Waals surface area contributed by atoms with E-state index in [0.717, 1.165) is 50.6 Å². The third-order valence-corrected chi connectivity index (χ3v) is 5.15. The fourth-order valence-corrected chi connectivity index (χ4v) is 3.39. The van der Waals surface area contributed by atoms with E-state index in [1.165, 1.54) is 0 Å². The molecule has 140 valence electrons. The molecule has 1 fully saturated rings. The van der Waals surface area contributed by atoms with Crippen LogP contribution in [0.25, 0.3) is 0 Å². The lowest BCUT2D eigenvalue weighted by atomic mass is 10.2. The zero-order chi connectivity index (χ0) is 18.2. The van der Waals surface area contributed by atoms with E-state index >= 15 is 0 Å². The van der Waals surface area contributed by atoms with Gasteiger partial charge in [0.05, 0.1) is 11.2 Å². The number of nitrogens with one attached hydrogen (secondary N) is 1. The van der Waals surface area contributed by atoms with Gasteiger partial charge >= 0.3 is 0 Å². The standard InChI is InChI=1S/C19H26N4O2S/c1-22-9-11-23(12-10-22)8-2-7-20-19(24)16-3-5-18(6-4-16)25-13-17-14-26-15-21-17/h3-6,14-15H,2,7-13H2,1H3,(H,20,24). The van der Waals surface area contributed by atoms with Gasteiger partial charge in [-0.2, -0.15) is 0 Å². The first-order chi connectivity index (χ1) is 12.7. The Hall–Kier alpha value is -1.96. The summed E-state index contributed by atoms with van der Waals surface area (Å²) < 4.78 is 5.66. The Morgan fingerprint density at radius 2 is 2.00 bits per heavy atom. The predicted molar refractivity (Wildman–Crippen MR) is 104 cm³/mol. The molecule has 0 bridgehead atoms. The van der Waals surface area contributed by atoms with E-state index in [1.54, 1.807) is 29.0 Å². The van der Waals surface area contributed by atoms with Crippen LogP contribution in [0.5, 0.6) is 5.75 Å². The van der Waals surface area contributed by atoms with Crippen LogP contribution < -0.4 is 10.1 Å². The smallest absolute Gasteiger partial charge is 0.251 e. The molecular weight excluding hydrogens is 348 g/mol. The van der Waals surface area contributed by atoms with E-state index < -0.39 is 0 Å². The molecule has 1 aromatic carbocycles. The van der Waals surface area contributed by atoms with Crippen molar-refractivity contribution < 1.29 is 9.53 Å². The van der Waals surface area contributed by atoms with Gasteiger partial charge in [-0.15, -0.1) is 11.3 Å². The van der Waals surface area contributed by atoms with Gasteiger partial charge in [-0.25, -0.2) is 4.98 Å². The second kappa shape index (κ2) is 9.66. The van der Waals surface area contributed by atoms with Crippen molar-refractivity contribution in [1.82, 2.24) is 20.1 Å². The van der Waals surface area contributed by atoms with Crippen LogP contribution in [-0.2, 0) is 6.61 Å². The Morgan fingerprint density at radius 1 is 1.23 bits per heavy atom. The Labute approximate surface area is 158 Å². The number of likely N-dealkylation sites (N-methyl/N-ethyl adjacent to an activating group) is 1. The van der Waals surface area contributed by atoms with Crippen LogP contribution in [0.15, 0.2) is 35.2 Å². The first-order valence-electron chi connectivity index (χ1n) is 9.00. The number of aromatic nitrogens is 1. The number of piperazine rings is 1. The average molecular weight is 375 g/mol. The molecule has 0 spiro atoms. The summed E-state index contributed by atoms with van der Waals surface area (Å²) in [5.74, 6) is 0.707. The number of benzene rings is 1. The van der Waals surface area contributed by atoms with Gasteiger partial charge in [-0.3, -0.25) is 4.79 Å². The van der Waals surface area contributed by atoms with Crippen molar-refractivity contribution in [3.63, 3.8) is 0 Å². The molecule has 0 aliphatic carbocycles. The van der Waals surface area contributed by atoms with Crippen molar-refractivity contribution in [2.45, 2.75) is 13.0 Å². The number of rotatable bonds is 8. The molecular formula is C19H26N4O2S. The summed E-state index contributed by atoms with van der Waals surface area (Å²) in [6.45, 7) is 6.68. The van der Waals surface area contributed by atoms with Crippen LogP contribution in [0.1, 0.15) is 22.5 Å². The minimum Gasteiger partial charge on any atom is -0.487 e. The molecule has 26 heavy (non-hydrogen) atoms. The second-order valence-electron chi connectivity index (χ2n) is 6.55. The van der Waals surface area contributed by atoms with Gasteiger partial charge in [0.15, 0.2) is 0 Å². The zero-order valence-electron chi connectivity index (χ0n) is 15.2. The van der Waals surface area contributed by atoms with E-state index in [4.69, 9.17) is 4.74 Å². The number of hydrogen-bond acceptors (Lipinski definition) is 6. The minimum absolute atomic E-state index is 0.0329. The monoisotopic (exact) mass is 374 g/mol. The third kappa shape index (κ3) is 5.79. The van der Waals surface area contributed by atoms with E-state index in [0.29, 0.717) is 18.7 Å². The highest BCUT2D eigenvalue weighted by Gasteiger charge is 2.13. The topological polar surface area (TPSA) is 57.7 Å². The predicted octanol–water partition coefficient (Wildman–Crippen LogP) is 2.09. The summed E-state index contributed by atoms with van der Waals surface area (Å²) in [4.78, 5) is 21.2. The van der Waals surface area contributed by atoms with Crippen molar-refractivity contribution in [2.24, 2.45) is 0 Å². The second-order valence-corrected chi connectivity index (χ2v) is 7.27. The van der Waals surface area contributed by atoms with Gasteiger partial charge in [0.1, 0.15) is 12.4 Å². The summed E-state index contributed by atoms with van der Waals surface area (Å²) in [5, 5.41) is 4.96. The number of thiazole rings is 1. The van der Waals surface area contributed by atoms with Crippen LogP contribution in [-0.4, -0.2) is 67.0 Å².